The highest BCUT2D eigenvalue weighted by Crippen LogP contribution is 2.44. The third-order valence-electron chi connectivity index (χ3n) is 3.95. The van der Waals surface area contributed by atoms with Gasteiger partial charge in [0.15, 0.2) is 5.79 Å². The smallest absolute Gasteiger partial charge is 0.162 e. The van der Waals surface area contributed by atoms with E-state index in [4.69, 9.17) is 9.47 Å². The minimum atomic E-state index is -0.382. The molecule has 1 aliphatic heterocycles. The Kier molecular flexibility index (Phi) is 2.73. The molecule has 1 N–H and O–H groups in total. The summed E-state index contributed by atoms with van der Waals surface area (Å²) >= 11 is 0. The van der Waals surface area contributed by atoms with Crippen LogP contribution in [0.4, 0.5) is 0 Å². The average Bonchev–Trinajstić information content (AvgIpc) is 3.10. The van der Waals surface area contributed by atoms with Crippen LogP contribution in [-0.2, 0) is 9.47 Å². The van der Waals surface area contributed by atoms with Gasteiger partial charge in [0.2, 0.25) is 0 Å². The van der Waals surface area contributed by atoms with Gasteiger partial charge in [0.05, 0.1) is 19.3 Å². The first kappa shape index (κ1) is 11.0. The van der Waals surface area contributed by atoms with Crippen molar-refractivity contribution in [1.82, 2.24) is 5.32 Å². The molecule has 3 rings (SSSR count). The van der Waals surface area contributed by atoms with Crippen molar-refractivity contribution in [3.8, 4) is 0 Å². The summed E-state index contributed by atoms with van der Waals surface area (Å²) in [5.74, 6) is 1.51. The normalized spacial score (nSPS) is 30.9. The first-order valence-electron chi connectivity index (χ1n) is 6.68. The number of hydrogen-bond donors (Lipinski definition) is 1. The van der Waals surface area contributed by atoms with Crippen molar-refractivity contribution in [2.75, 3.05) is 13.2 Å². The molecular formula is C13H23NO2. The molecule has 0 unspecified atom stereocenters. The number of rotatable bonds is 4. The largest absolute Gasteiger partial charge is 0.349 e. The quantitative estimate of drug-likeness (QED) is 0.793. The van der Waals surface area contributed by atoms with E-state index in [9.17, 15) is 0 Å². The summed E-state index contributed by atoms with van der Waals surface area (Å²) < 4.78 is 11.4. The molecule has 3 nitrogen and oxygen atoms in total. The molecule has 0 spiro atoms. The zero-order valence-electron chi connectivity index (χ0n) is 10.4. The van der Waals surface area contributed by atoms with Crippen LogP contribution in [0.5, 0.6) is 0 Å². The van der Waals surface area contributed by atoms with Crippen molar-refractivity contribution < 1.29 is 9.47 Å². The van der Waals surface area contributed by atoms with Gasteiger partial charge in [-0.15, -0.1) is 0 Å². The van der Waals surface area contributed by atoms with Gasteiger partial charge in [-0.25, -0.2) is 0 Å². The van der Waals surface area contributed by atoms with Gasteiger partial charge in [0.25, 0.3) is 0 Å². The Morgan fingerprint density at radius 2 is 1.50 bits per heavy atom. The molecule has 1 saturated heterocycles. The standard InChI is InChI=1S/C13H23NO2/c1-13(2)15-7-11(8-16-13)14-12(9-3-4-9)10-5-6-10/h9-12,14H,3-8H2,1-2H3. The summed E-state index contributed by atoms with van der Waals surface area (Å²) in [5, 5.41) is 3.77. The van der Waals surface area contributed by atoms with E-state index < -0.39 is 0 Å². The van der Waals surface area contributed by atoms with Crippen LogP contribution in [-0.4, -0.2) is 31.1 Å². The molecule has 3 fully saturated rings. The van der Waals surface area contributed by atoms with Crippen molar-refractivity contribution in [2.45, 2.75) is 57.4 Å². The first-order chi connectivity index (χ1) is 7.64. The van der Waals surface area contributed by atoms with Crippen LogP contribution in [0.3, 0.4) is 0 Å². The third-order valence-corrected chi connectivity index (χ3v) is 3.95. The molecule has 3 heteroatoms. The predicted molar refractivity (Wildman–Crippen MR) is 62.1 cm³/mol. The average molecular weight is 225 g/mol. The maximum Gasteiger partial charge on any atom is 0.162 e. The second-order valence-electron chi connectivity index (χ2n) is 6.09. The number of ether oxygens (including phenoxy) is 2. The van der Waals surface area contributed by atoms with E-state index in [0.29, 0.717) is 6.04 Å². The second kappa shape index (κ2) is 3.97. The Morgan fingerprint density at radius 1 is 1.00 bits per heavy atom. The molecule has 0 amide bonds. The second-order valence-corrected chi connectivity index (χ2v) is 6.09. The maximum absolute atomic E-state index is 5.69. The Labute approximate surface area is 97.9 Å². The lowest BCUT2D eigenvalue weighted by molar-refractivity contribution is -0.253. The van der Waals surface area contributed by atoms with Gasteiger partial charge in [-0.2, -0.15) is 0 Å². The van der Waals surface area contributed by atoms with E-state index in [0.717, 1.165) is 31.1 Å². The zero-order chi connectivity index (χ0) is 11.2. The Bertz CT molecular complexity index is 237. The van der Waals surface area contributed by atoms with Crippen LogP contribution in [0.2, 0.25) is 0 Å². The summed E-state index contributed by atoms with van der Waals surface area (Å²) in [6, 6.07) is 1.15. The topological polar surface area (TPSA) is 30.5 Å². The molecule has 2 aliphatic carbocycles. The van der Waals surface area contributed by atoms with E-state index in [-0.39, 0.29) is 5.79 Å². The summed E-state index contributed by atoms with van der Waals surface area (Å²) in [6.07, 6.45) is 5.70. The van der Waals surface area contributed by atoms with Crippen molar-refractivity contribution in [1.29, 1.82) is 0 Å². The minimum absolute atomic E-state index is 0.382. The van der Waals surface area contributed by atoms with Crippen molar-refractivity contribution in [2.24, 2.45) is 11.8 Å². The molecule has 0 atom stereocenters. The molecule has 0 aromatic rings. The van der Waals surface area contributed by atoms with Crippen LogP contribution in [0.25, 0.3) is 0 Å². The molecule has 1 heterocycles. The molecule has 2 saturated carbocycles. The lowest BCUT2D eigenvalue weighted by Crippen LogP contribution is -2.52. The highest BCUT2D eigenvalue weighted by atomic mass is 16.7. The third kappa shape index (κ3) is 2.58. The molecule has 0 radical (unpaired) electrons. The highest BCUT2D eigenvalue weighted by Gasteiger charge is 2.43. The van der Waals surface area contributed by atoms with Crippen molar-refractivity contribution in [3.05, 3.63) is 0 Å². The Balaban J connectivity index is 1.50. The van der Waals surface area contributed by atoms with Gasteiger partial charge in [-0.05, 0) is 51.4 Å². The number of nitrogens with one attached hydrogen (secondary N) is 1. The molecule has 16 heavy (non-hydrogen) atoms. The van der Waals surface area contributed by atoms with Gasteiger partial charge in [0, 0.05) is 6.04 Å². The van der Waals surface area contributed by atoms with Crippen molar-refractivity contribution >= 4 is 0 Å². The molecule has 92 valence electrons. The summed E-state index contributed by atoms with van der Waals surface area (Å²) in [7, 11) is 0. The van der Waals surface area contributed by atoms with E-state index in [1.807, 2.05) is 13.8 Å². The first-order valence-corrected chi connectivity index (χ1v) is 6.68. The zero-order valence-corrected chi connectivity index (χ0v) is 10.4. The Hall–Kier alpha value is -0.120. The van der Waals surface area contributed by atoms with Crippen LogP contribution in [0.1, 0.15) is 39.5 Å². The SMILES string of the molecule is CC1(C)OCC(NC(C2CC2)C2CC2)CO1. The molecule has 0 bridgehead atoms. The van der Waals surface area contributed by atoms with Crippen molar-refractivity contribution in [3.63, 3.8) is 0 Å². The van der Waals surface area contributed by atoms with Gasteiger partial charge in [-0.3, -0.25) is 0 Å². The monoisotopic (exact) mass is 225 g/mol. The maximum atomic E-state index is 5.69. The van der Waals surface area contributed by atoms with Crippen LogP contribution in [0.15, 0.2) is 0 Å². The van der Waals surface area contributed by atoms with Gasteiger partial charge in [-0.1, -0.05) is 0 Å². The lowest BCUT2D eigenvalue weighted by atomic mass is 10.1. The highest BCUT2D eigenvalue weighted by molar-refractivity contribution is 4.97. The van der Waals surface area contributed by atoms with Gasteiger partial charge < -0.3 is 14.8 Å². The van der Waals surface area contributed by atoms with Gasteiger partial charge >= 0.3 is 0 Å². The fraction of sp³-hybridized carbons (Fsp3) is 1.00. The van der Waals surface area contributed by atoms with E-state index in [1.54, 1.807) is 0 Å². The van der Waals surface area contributed by atoms with E-state index in [2.05, 4.69) is 5.32 Å². The summed E-state index contributed by atoms with van der Waals surface area (Å²) in [6.45, 7) is 5.57. The number of hydrogen-bond acceptors (Lipinski definition) is 3. The van der Waals surface area contributed by atoms with Crippen LogP contribution >= 0.6 is 0 Å². The summed E-state index contributed by atoms with van der Waals surface area (Å²) in [5.41, 5.74) is 0. The predicted octanol–water partition coefficient (Wildman–Crippen LogP) is 1.92. The fourth-order valence-corrected chi connectivity index (χ4v) is 2.63. The van der Waals surface area contributed by atoms with E-state index >= 15 is 0 Å². The molecule has 0 aromatic carbocycles. The summed E-state index contributed by atoms with van der Waals surface area (Å²) in [4.78, 5) is 0. The van der Waals surface area contributed by atoms with Gasteiger partial charge in [0.1, 0.15) is 0 Å². The lowest BCUT2D eigenvalue weighted by Gasteiger charge is -2.37. The van der Waals surface area contributed by atoms with Crippen LogP contribution < -0.4 is 5.32 Å². The van der Waals surface area contributed by atoms with Crippen LogP contribution in [0, 0.1) is 11.8 Å². The van der Waals surface area contributed by atoms with E-state index in [1.165, 1.54) is 25.7 Å². The molecular weight excluding hydrogens is 202 g/mol. The molecule has 0 aromatic heterocycles. The minimum Gasteiger partial charge on any atom is -0.349 e. The molecule has 3 aliphatic rings. The Morgan fingerprint density at radius 3 is 1.94 bits per heavy atom. The fourth-order valence-electron chi connectivity index (χ4n) is 2.63.